The predicted molar refractivity (Wildman–Crippen MR) is 75.2 cm³/mol. The van der Waals surface area contributed by atoms with Crippen LogP contribution in [0.15, 0.2) is 12.3 Å². The van der Waals surface area contributed by atoms with Crippen LogP contribution in [0.3, 0.4) is 0 Å². The van der Waals surface area contributed by atoms with E-state index in [4.69, 9.17) is 5.11 Å². The van der Waals surface area contributed by atoms with Crippen LogP contribution < -0.4 is 5.32 Å². The highest BCUT2D eigenvalue weighted by atomic mass is 32.2. The molecule has 118 valence electrons. The molecular weight excluding hydrogens is 300 g/mol. The van der Waals surface area contributed by atoms with E-state index in [9.17, 15) is 18.0 Å². The summed E-state index contributed by atoms with van der Waals surface area (Å²) in [6.45, 7) is 3.62. The zero-order valence-corrected chi connectivity index (χ0v) is 12.6. The van der Waals surface area contributed by atoms with E-state index in [2.05, 4.69) is 10.4 Å². The molecule has 0 spiro atoms. The van der Waals surface area contributed by atoms with Crippen LogP contribution in [-0.2, 0) is 26.2 Å². The lowest BCUT2D eigenvalue weighted by Gasteiger charge is -2.17. The minimum Gasteiger partial charge on any atom is -0.480 e. The quantitative estimate of drug-likeness (QED) is 0.671. The fourth-order valence-corrected chi connectivity index (χ4v) is 3.08. The number of hydrogen-bond donors (Lipinski definition) is 2. The maximum Gasteiger partial charge on any atom is 0.325 e. The minimum atomic E-state index is -3.66. The Labute approximate surface area is 122 Å². The zero-order chi connectivity index (χ0) is 16.0. The number of hydrogen-bond acceptors (Lipinski definition) is 5. The monoisotopic (exact) mass is 318 g/mol. The van der Waals surface area contributed by atoms with Gasteiger partial charge in [-0.05, 0) is 0 Å². The Morgan fingerprint density at radius 2 is 2.00 bits per heavy atom. The molecule has 0 fully saturated rings. The number of aliphatic carboxylic acids is 1. The Balaban J connectivity index is 2.65. The van der Waals surface area contributed by atoms with Crippen molar-refractivity contribution in [3.05, 3.63) is 12.3 Å². The number of carboxylic acids is 1. The fraction of sp³-hybridized carbons (Fsp3) is 0.545. The highest BCUT2D eigenvalue weighted by Gasteiger charge is 2.23. The first-order chi connectivity index (χ1) is 9.78. The third-order valence-corrected chi connectivity index (χ3v) is 4.55. The molecule has 1 rings (SSSR count). The summed E-state index contributed by atoms with van der Waals surface area (Å²) in [5, 5.41) is 14.7. The van der Waals surface area contributed by atoms with Gasteiger partial charge in [-0.3, -0.25) is 14.3 Å². The van der Waals surface area contributed by atoms with E-state index in [1.165, 1.54) is 16.6 Å². The number of carbonyl (C=O) groups is 2. The Kier molecular flexibility index (Phi) is 5.85. The normalized spacial score (nSPS) is 11.6. The molecule has 21 heavy (non-hydrogen) atoms. The second-order valence-electron chi connectivity index (χ2n) is 4.18. The second-order valence-corrected chi connectivity index (χ2v) is 6.15. The number of nitrogens with zero attached hydrogens (tertiary/aromatic N) is 3. The third kappa shape index (κ3) is 5.16. The summed E-state index contributed by atoms with van der Waals surface area (Å²) < 4.78 is 26.1. The average molecular weight is 318 g/mol. The standard InChI is InChI=1S/C11H18N4O5S/c1-3-15(4-2)21(19,20)8-10(16)12-9-5-6-14(13-9)7-11(17)18/h5-6H,3-4,7-8H2,1-2H3,(H,17,18)(H,12,13,16). The first kappa shape index (κ1) is 17.1. The van der Waals surface area contributed by atoms with E-state index in [0.717, 1.165) is 4.68 Å². The van der Waals surface area contributed by atoms with Crippen LogP contribution in [0.4, 0.5) is 5.82 Å². The van der Waals surface area contributed by atoms with Crippen LogP contribution in [0.25, 0.3) is 0 Å². The van der Waals surface area contributed by atoms with Crippen molar-refractivity contribution in [2.24, 2.45) is 0 Å². The van der Waals surface area contributed by atoms with Crippen molar-refractivity contribution in [3.8, 4) is 0 Å². The number of aromatic nitrogens is 2. The van der Waals surface area contributed by atoms with Crippen LogP contribution in [-0.4, -0.2) is 58.3 Å². The predicted octanol–water partition coefficient (Wildman–Crippen LogP) is -0.422. The molecule has 0 aliphatic carbocycles. The Morgan fingerprint density at radius 3 is 2.52 bits per heavy atom. The molecular formula is C11H18N4O5S. The van der Waals surface area contributed by atoms with Crippen molar-refractivity contribution < 1.29 is 23.1 Å². The highest BCUT2D eigenvalue weighted by Crippen LogP contribution is 2.05. The Hall–Kier alpha value is -1.94. The number of sulfonamides is 1. The van der Waals surface area contributed by atoms with Gasteiger partial charge < -0.3 is 10.4 Å². The van der Waals surface area contributed by atoms with Gasteiger partial charge in [-0.1, -0.05) is 13.8 Å². The van der Waals surface area contributed by atoms with Gasteiger partial charge in [0, 0.05) is 25.4 Å². The molecule has 0 atom stereocenters. The summed E-state index contributed by atoms with van der Waals surface area (Å²) in [7, 11) is -3.66. The lowest BCUT2D eigenvalue weighted by molar-refractivity contribution is -0.137. The minimum absolute atomic E-state index is 0.107. The third-order valence-electron chi connectivity index (χ3n) is 2.62. The maximum atomic E-state index is 11.9. The van der Waals surface area contributed by atoms with Gasteiger partial charge in [0.25, 0.3) is 0 Å². The van der Waals surface area contributed by atoms with Gasteiger partial charge in [0.2, 0.25) is 15.9 Å². The van der Waals surface area contributed by atoms with Gasteiger partial charge in [-0.15, -0.1) is 0 Å². The van der Waals surface area contributed by atoms with Crippen LogP contribution in [0, 0.1) is 0 Å². The molecule has 0 aromatic carbocycles. The van der Waals surface area contributed by atoms with Gasteiger partial charge >= 0.3 is 5.97 Å². The smallest absolute Gasteiger partial charge is 0.325 e. The molecule has 0 aliphatic heterocycles. The lowest BCUT2D eigenvalue weighted by Crippen LogP contribution is -2.37. The number of amides is 1. The average Bonchev–Trinajstić information content (AvgIpc) is 2.75. The second kappa shape index (κ2) is 7.18. The van der Waals surface area contributed by atoms with Crippen molar-refractivity contribution in [2.75, 3.05) is 24.2 Å². The maximum absolute atomic E-state index is 11.9. The molecule has 1 aromatic rings. The van der Waals surface area contributed by atoms with Crippen molar-refractivity contribution in [1.29, 1.82) is 0 Å². The zero-order valence-electron chi connectivity index (χ0n) is 11.8. The summed E-state index contributed by atoms with van der Waals surface area (Å²) in [4.78, 5) is 22.2. The van der Waals surface area contributed by atoms with E-state index in [0.29, 0.717) is 13.1 Å². The Morgan fingerprint density at radius 1 is 1.38 bits per heavy atom. The van der Waals surface area contributed by atoms with Crippen LogP contribution in [0.2, 0.25) is 0 Å². The van der Waals surface area contributed by atoms with E-state index in [1.54, 1.807) is 13.8 Å². The molecule has 2 N–H and O–H groups in total. The van der Waals surface area contributed by atoms with Crippen LogP contribution >= 0.6 is 0 Å². The number of carboxylic acid groups (broad SMARTS) is 1. The SMILES string of the molecule is CCN(CC)S(=O)(=O)CC(=O)Nc1ccn(CC(=O)O)n1. The van der Waals surface area contributed by atoms with Crippen LogP contribution in [0.1, 0.15) is 13.8 Å². The van der Waals surface area contributed by atoms with Crippen molar-refractivity contribution >= 4 is 27.7 Å². The number of rotatable bonds is 8. The lowest BCUT2D eigenvalue weighted by atomic mass is 10.6. The summed E-state index contributed by atoms with van der Waals surface area (Å²) in [5.74, 6) is -2.36. The van der Waals surface area contributed by atoms with E-state index in [1.807, 2.05) is 0 Å². The molecule has 0 unspecified atom stereocenters. The highest BCUT2D eigenvalue weighted by molar-refractivity contribution is 7.89. The van der Waals surface area contributed by atoms with Gasteiger partial charge in [-0.2, -0.15) is 5.10 Å². The molecule has 0 saturated carbocycles. The molecule has 0 saturated heterocycles. The van der Waals surface area contributed by atoms with Gasteiger partial charge in [-0.25, -0.2) is 12.7 Å². The van der Waals surface area contributed by atoms with Gasteiger partial charge in [0.15, 0.2) is 5.82 Å². The molecule has 0 radical (unpaired) electrons. The molecule has 1 heterocycles. The molecule has 9 nitrogen and oxygen atoms in total. The summed E-state index contributed by atoms with van der Waals surface area (Å²) >= 11 is 0. The first-order valence-electron chi connectivity index (χ1n) is 6.31. The van der Waals surface area contributed by atoms with Crippen molar-refractivity contribution in [1.82, 2.24) is 14.1 Å². The van der Waals surface area contributed by atoms with Gasteiger partial charge in [0.05, 0.1) is 0 Å². The topological polar surface area (TPSA) is 122 Å². The van der Waals surface area contributed by atoms with E-state index in [-0.39, 0.29) is 12.4 Å². The largest absolute Gasteiger partial charge is 0.480 e. The molecule has 0 bridgehead atoms. The fourth-order valence-electron chi connectivity index (χ4n) is 1.71. The molecule has 10 heteroatoms. The summed E-state index contributed by atoms with van der Waals surface area (Å²) in [6.07, 6.45) is 1.38. The number of nitrogens with one attached hydrogen (secondary N) is 1. The van der Waals surface area contributed by atoms with Crippen molar-refractivity contribution in [3.63, 3.8) is 0 Å². The number of carbonyl (C=O) groups excluding carboxylic acids is 1. The Bertz CT molecular complexity index is 606. The first-order valence-corrected chi connectivity index (χ1v) is 7.92. The molecule has 1 aromatic heterocycles. The molecule has 0 aliphatic rings. The van der Waals surface area contributed by atoms with Crippen LogP contribution in [0.5, 0.6) is 0 Å². The van der Waals surface area contributed by atoms with Gasteiger partial charge in [0.1, 0.15) is 12.3 Å². The van der Waals surface area contributed by atoms with Crippen molar-refractivity contribution in [2.45, 2.75) is 20.4 Å². The summed E-state index contributed by atoms with van der Waals surface area (Å²) in [5.41, 5.74) is 0. The molecule has 1 amide bonds. The van der Waals surface area contributed by atoms with E-state index >= 15 is 0 Å². The summed E-state index contributed by atoms with van der Waals surface area (Å²) in [6, 6.07) is 1.39. The van der Waals surface area contributed by atoms with E-state index < -0.39 is 27.7 Å². The number of anilines is 1.